The Morgan fingerprint density at radius 3 is 2.50 bits per heavy atom. The number of hydrogen-bond acceptors (Lipinski definition) is 3. The molecule has 100 valence electrons. The van der Waals surface area contributed by atoms with Crippen LogP contribution in [-0.2, 0) is 6.54 Å². The Kier molecular flexibility index (Phi) is 5.25. The van der Waals surface area contributed by atoms with Crippen LogP contribution in [0.25, 0.3) is 0 Å². The number of nitrogens with one attached hydrogen (secondary N) is 1. The molecular formula is C13H21FN4. The first-order valence-corrected chi connectivity index (χ1v) is 5.87. The summed E-state index contributed by atoms with van der Waals surface area (Å²) in [4.78, 5) is 4.13. The predicted octanol–water partition coefficient (Wildman–Crippen LogP) is 1.10. The Morgan fingerprint density at radius 2 is 1.94 bits per heavy atom. The van der Waals surface area contributed by atoms with Gasteiger partial charge >= 0.3 is 0 Å². The molecule has 0 amide bonds. The minimum atomic E-state index is -0.387. The van der Waals surface area contributed by atoms with Crippen LogP contribution in [0.3, 0.4) is 0 Å². The normalized spacial score (nSPS) is 11.2. The van der Waals surface area contributed by atoms with E-state index in [9.17, 15) is 4.39 Å². The highest BCUT2D eigenvalue weighted by Gasteiger charge is 2.11. The average Bonchev–Trinajstić information content (AvgIpc) is 2.29. The molecule has 1 rings (SSSR count). The Labute approximate surface area is 108 Å². The van der Waals surface area contributed by atoms with E-state index in [2.05, 4.69) is 4.90 Å². The molecule has 1 aromatic rings. The molecule has 0 atom stereocenters. The van der Waals surface area contributed by atoms with Crippen molar-refractivity contribution in [2.75, 3.05) is 34.2 Å². The van der Waals surface area contributed by atoms with E-state index in [0.29, 0.717) is 12.1 Å². The first-order valence-electron chi connectivity index (χ1n) is 5.87. The fourth-order valence-corrected chi connectivity index (χ4v) is 1.65. The molecule has 18 heavy (non-hydrogen) atoms. The second kappa shape index (κ2) is 6.47. The summed E-state index contributed by atoms with van der Waals surface area (Å²) in [5, 5.41) is 7.31. The zero-order chi connectivity index (χ0) is 13.7. The fraction of sp³-hybridized carbons (Fsp3) is 0.462. The Hall–Kier alpha value is -1.46. The molecule has 0 unspecified atom stereocenters. The van der Waals surface area contributed by atoms with Gasteiger partial charge in [-0.3, -0.25) is 5.41 Å². The highest BCUT2D eigenvalue weighted by atomic mass is 19.1. The molecule has 5 heteroatoms. The van der Waals surface area contributed by atoms with Gasteiger partial charge < -0.3 is 15.5 Å². The first kappa shape index (κ1) is 14.6. The summed E-state index contributed by atoms with van der Waals surface area (Å²) in [5.41, 5.74) is 6.08. The topological polar surface area (TPSA) is 56.4 Å². The van der Waals surface area contributed by atoms with E-state index in [1.54, 1.807) is 12.1 Å². The highest BCUT2D eigenvalue weighted by molar-refractivity contribution is 5.95. The van der Waals surface area contributed by atoms with Crippen molar-refractivity contribution in [1.29, 1.82) is 5.41 Å². The van der Waals surface area contributed by atoms with E-state index in [1.165, 1.54) is 6.07 Å². The van der Waals surface area contributed by atoms with Crippen LogP contribution < -0.4 is 5.73 Å². The zero-order valence-electron chi connectivity index (χ0n) is 11.2. The number of nitrogen functional groups attached to an aromatic ring is 1. The summed E-state index contributed by atoms with van der Waals surface area (Å²) in [7, 11) is 5.96. The molecule has 3 N–H and O–H groups in total. The lowest BCUT2D eigenvalue weighted by molar-refractivity contribution is 0.273. The van der Waals surface area contributed by atoms with Gasteiger partial charge in [-0.2, -0.15) is 0 Å². The Bertz CT molecular complexity index is 417. The van der Waals surface area contributed by atoms with Crippen molar-refractivity contribution < 1.29 is 4.39 Å². The van der Waals surface area contributed by atoms with Crippen molar-refractivity contribution in [3.8, 4) is 0 Å². The maximum atomic E-state index is 14.0. The first-order chi connectivity index (χ1) is 8.41. The third kappa shape index (κ3) is 4.09. The van der Waals surface area contributed by atoms with Crippen LogP contribution in [-0.4, -0.2) is 49.9 Å². The largest absolute Gasteiger partial charge is 0.384 e. The monoisotopic (exact) mass is 252 g/mol. The van der Waals surface area contributed by atoms with Crippen molar-refractivity contribution in [2.45, 2.75) is 6.54 Å². The van der Waals surface area contributed by atoms with Crippen molar-refractivity contribution in [1.82, 2.24) is 9.80 Å². The van der Waals surface area contributed by atoms with E-state index in [-0.39, 0.29) is 17.2 Å². The van der Waals surface area contributed by atoms with Gasteiger partial charge in [-0.1, -0.05) is 12.1 Å². The maximum Gasteiger partial charge on any atom is 0.138 e. The Balaban J connectivity index is 2.73. The molecule has 0 saturated carbocycles. The summed E-state index contributed by atoms with van der Waals surface area (Å²) in [6.07, 6.45) is 0. The van der Waals surface area contributed by atoms with Gasteiger partial charge in [0.15, 0.2) is 0 Å². The van der Waals surface area contributed by atoms with E-state index in [4.69, 9.17) is 11.1 Å². The third-order valence-corrected chi connectivity index (χ3v) is 2.74. The zero-order valence-corrected chi connectivity index (χ0v) is 11.2. The molecule has 4 nitrogen and oxygen atoms in total. The van der Waals surface area contributed by atoms with Crippen molar-refractivity contribution in [3.63, 3.8) is 0 Å². The van der Waals surface area contributed by atoms with Crippen molar-refractivity contribution >= 4 is 5.84 Å². The summed E-state index contributed by atoms with van der Waals surface area (Å²) in [6, 6.07) is 4.99. The number of amidine groups is 1. The minimum Gasteiger partial charge on any atom is -0.384 e. The molecule has 0 heterocycles. The molecule has 0 radical (unpaired) electrons. The van der Waals surface area contributed by atoms with Crippen LogP contribution in [0.4, 0.5) is 4.39 Å². The summed E-state index contributed by atoms with van der Waals surface area (Å²) >= 11 is 0. The lowest BCUT2D eigenvalue weighted by Crippen LogP contribution is -2.28. The second-order valence-electron chi connectivity index (χ2n) is 4.73. The lowest BCUT2D eigenvalue weighted by Gasteiger charge is -2.20. The minimum absolute atomic E-state index is 0.175. The number of hydrogen-bond donors (Lipinski definition) is 2. The predicted molar refractivity (Wildman–Crippen MR) is 72.3 cm³/mol. The van der Waals surface area contributed by atoms with Gasteiger partial charge in [0.1, 0.15) is 11.7 Å². The summed E-state index contributed by atoms with van der Waals surface area (Å²) < 4.78 is 14.0. The highest BCUT2D eigenvalue weighted by Crippen LogP contribution is 2.14. The van der Waals surface area contributed by atoms with Gasteiger partial charge in [-0.05, 0) is 27.2 Å². The molecule has 0 aliphatic rings. The molecule has 0 aromatic heterocycles. The third-order valence-electron chi connectivity index (χ3n) is 2.74. The molecule has 1 aromatic carbocycles. The van der Waals surface area contributed by atoms with Crippen LogP contribution >= 0.6 is 0 Å². The smallest absolute Gasteiger partial charge is 0.138 e. The molecule has 0 bridgehead atoms. The second-order valence-corrected chi connectivity index (χ2v) is 4.73. The van der Waals surface area contributed by atoms with Crippen LogP contribution in [0.1, 0.15) is 11.1 Å². The summed E-state index contributed by atoms with van der Waals surface area (Å²) in [5.74, 6) is -0.619. The average molecular weight is 252 g/mol. The van der Waals surface area contributed by atoms with E-state index in [1.807, 2.05) is 26.0 Å². The van der Waals surface area contributed by atoms with Gasteiger partial charge in [-0.25, -0.2) is 4.39 Å². The standard InChI is InChI=1S/C13H21FN4/c1-17(2)7-8-18(3)9-10-5-4-6-11(12(10)14)13(15)16/h4-6H,7-9H2,1-3H3,(H3,15,16). The van der Waals surface area contributed by atoms with Crippen LogP contribution in [0.15, 0.2) is 18.2 Å². The van der Waals surface area contributed by atoms with Gasteiger partial charge in [-0.15, -0.1) is 0 Å². The molecule has 0 spiro atoms. The number of nitrogens with two attached hydrogens (primary N) is 1. The van der Waals surface area contributed by atoms with Crippen LogP contribution in [0.2, 0.25) is 0 Å². The number of likely N-dealkylation sites (N-methyl/N-ethyl adjacent to an activating group) is 2. The number of rotatable bonds is 6. The SMILES string of the molecule is CN(C)CCN(C)Cc1cccc(C(=N)N)c1F. The molecule has 0 aliphatic carbocycles. The van der Waals surface area contributed by atoms with E-state index < -0.39 is 0 Å². The maximum absolute atomic E-state index is 14.0. The van der Waals surface area contributed by atoms with Gasteiger partial charge in [0.05, 0.1) is 5.56 Å². The number of halogens is 1. The fourth-order valence-electron chi connectivity index (χ4n) is 1.65. The molecule has 0 saturated heterocycles. The van der Waals surface area contributed by atoms with Crippen LogP contribution in [0, 0.1) is 11.2 Å². The van der Waals surface area contributed by atoms with Crippen LogP contribution in [0.5, 0.6) is 0 Å². The lowest BCUT2D eigenvalue weighted by atomic mass is 10.1. The van der Waals surface area contributed by atoms with Crippen molar-refractivity contribution in [2.24, 2.45) is 5.73 Å². The quantitative estimate of drug-likeness (QED) is 0.589. The van der Waals surface area contributed by atoms with Gasteiger partial charge in [0.2, 0.25) is 0 Å². The number of nitrogens with zero attached hydrogens (tertiary/aromatic N) is 2. The molecule has 0 aliphatic heterocycles. The number of benzene rings is 1. The van der Waals surface area contributed by atoms with E-state index in [0.717, 1.165) is 13.1 Å². The van der Waals surface area contributed by atoms with Gasteiger partial charge in [0, 0.05) is 25.2 Å². The van der Waals surface area contributed by atoms with E-state index >= 15 is 0 Å². The summed E-state index contributed by atoms with van der Waals surface area (Å²) in [6.45, 7) is 2.29. The van der Waals surface area contributed by atoms with Crippen molar-refractivity contribution in [3.05, 3.63) is 35.1 Å². The molecular weight excluding hydrogens is 231 g/mol. The molecule has 0 fully saturated rings. The van der Waals surface area contributed by atoms with Gasteiger partial charge in [0.25, 0.3) is 0 Å². The Morgan fingerprint density at radius 1 is 1.28 bits per heavy atom.